The Kier molecular flexibility index (Phi) is 4.65. The number of rotatable bonds is 5. The van der Waals surface area contributed by atoms with Gasteiger partial charge < -0.3 is 14.4 Å². The van der Waals surface area contributed by atoms with Crippen molar-refractivity contribution in [1.82, 2.24) is 4.90 Å². The maximum atomic E-state index is 12.6. The maximum absolute atomic E-state index is 12.6. The van der Waals surface area contributed by atoms with Crippen molar-refractivity contribution in [2.45, 2.75) is 39.0 Å². The molecule has 2 heterocycles. The van der Waals surface area contributed by atoms with Gasteiger partial charge in [0.2, 0.25) is 5.91 Å². The Bertz CT molecular complexity index is 420. The molecular formula is C17H27NO3. The molecule has 3 rings (SSSR count). The molecule has 2 aliphatic heterocycles. The van der Waals surface area contributed by atoms with Crippen LogP contribution in [-0.4, -0.2) is 50.3 Å². The van der Waals surface area contributed by atoms with Crippen LogP contribution in [0.1, 0.15) is 39.0 Å². The number of carbonyl (C=O) groups is 1. The number of amides is 1. The molecule has 0 spiro atoms. The summed E-state index contributed by atoms with van der Waals surface area (Å²) in [4.78, 5) is 14.6. The number of ether oxygens (including phenoxy) is 2. The molecule has 3 aliphatic rings. The van der Waals surface area contributed by atoms with Crippen LogP contribution < -0.4 is 0 Å². The molecule has 4 heteroatoms. The third kappa shape index (κ3) is 3.16. The zero-order valence-corrected chi connectivity index (χ0v) is 13.1. The van der Waals surface area contributed by atoms with Gasteiger partial charge in [0.25, 0.3) is 0 Å². The van der Waals surface area contributed by atoms with E-state index in [4.69, 9.17) is 9.47 Å². The van der Waals surface area contributed by atoms with Gasteiger partial charge in [-0.25, -0.2) is 0 Å². The summed E-state index contributed by atoms with van der Waals surface area (Å²) in [6.45, 7) is 6.65. The molecule has 0 unspecified atom stereocenters. The van der Waals surface area contributed by atoms with E-state index >= 15 is 0 Å². The molecule has 2 atom stereocenters. The quantitative estimate of drug-likeness (QED) is 0.731. The number of fused-ring (bicyclic) bond motifs is 1. The van der Waals surface area contributed by atoms with E-state index in [2.05, 4.69) is 11.0 Å². The topological polar surface area (TPSA) is 38.8 Å². The summed E-state index contributed by atoms with van der Waals surface area (Å²) in [6, 6.07) is 0. The van der Waals surface area contributed by atoms with E-state index in [0.29, 0.717) is 18.2 Å². The van der Waals surface area contributed by atoms with Gasteiger partial charge in [-0.15, -0.1) is 0 Å². The molecule has 4 nitrogen and oxygen atoms in total. The lowest BCUT2D eigenvalue weighted by Crippen LogP contribution is -2.37. The predicted octanol–water partition coefficient (Wildman–Crippen LogP) is 2.39. The maximum Gasteiger partial charge on any atom is 0.226 e. The molecule has 2 saturated heterocycles. The molecule has 0 radical (unpaired) electrons. The minimum Gasteiger partial charge on any atom is -0.381 e. The van der Waals surface area contributed by atoms with Crippen LogP contribution in [0.4, 0.5) is 0 Å². The number of nitrogens with zero attached hydrogens (tertiary/aromatic N) is 1. The molecule has 1 amide bonds. The van der Waals surface area contributed by atoms with Crippen LogP contribution in [0.2, 0.25) is 0 Å². The van der Waals surface area contributed by atoms with Gasteiger partial charge in [0.05, 0.1) is 19.8 Å². The molecule has 1 aliphatic carbocycles. The average Bonchev–Trinajstić information content (AvgIpc) is 3.03. The molecule has 118 valence electrons. The number of hydrogen-bond donors (Lipinski definition) is 0. The lowest BCUT2D eigenvalue weighted by atomic mass is 9.82. The monoisotopic (exact) mass is 293 g/mol. The number of carbonyl (C=O) groups excluding carboxylic acids is 1. The van der Waals surface area contributed by atoms with Crippen molar-refractivity contribution in [1.29, 1.82) is 0 Å². The summed E-state index contributed by atoms with van der Waals surface area (Å²) in [5, 5.41) is 0. The summed E-state index contributed by atoms with van der Waals surface area (Å²) in [5.41, 5.74) is 1.39. The van der Waals surface area contributed by atoms with Gasteiger partial charge in [-0.1, -0.05) is 11.6 Å². The van der Waals surface area contributed by atoms with Gasteiger partial charge in [-0.2, -0.15) is 0 Å². The second kappa shape index (κ2) is 6.49. The van der Waals surface area contributed by atoms with Gasteiger partial charge in [0.15, 0.2) is 0 Å². The Balaban J connectivity index is 1.60. The van der Waals surface area contributed by atoms with Crippen LogP contribution in [-0.2, 0) is 14.3 Å². The highest BCUT2D eigenvalue weighted by atomic mass is 16.5. The fourth-order valence-corrected chi connectivity index (χ4v) is 3.90. The van der Waals surface area contributed by atoms with E-state index in [-0.39, 0.29) is 5.41 Å². The second-order valence-corrected chi connectivity index (χ2v) is 6.77. The lowest BCUT2D eigenvalue weighted by Gasteiger charge is -2.26. The fraction of sp³-hybridized carbons (Fsp3) is 0.824. The first kappa shape index (κ1) is 15.0. The summed E-state index contributed by atoms with van der Waals surface area (Å²) in [6.07, 6.45) is 7.67. The van der Waals surface area contributed by atoms with E-state index in [1.165, 1.54) is 18.4 Å². The van der Waals surface area contributed by atoms with Crippen molar-refractivity contribution in [2.24, 2.45) is 11.3 Å². The predicted molar refractivity (Wildman–Crippen MR) is 81.0 cm³/mol. The van der Waals surface area contributed by atoms with E-state index in [0.717, 1.165) is 52.4 Å². The zero-order valence-electron chi connectivity index (χ0n) is 13.1. The van der Waals surface area contributed by atoms with Gasteiger partial charge in [-0.3, -0.25) is 4.79 Å². The van der Waals surface area contributed by atoms with Crippen molar-refractivity contribution in [3.8, 4) is 0 Å². The standard InChI is InChI=1S/C17H27NO3/c1-2-20-12-17-11-18(9-15(17)10-21-13-17)16(19)8-14-6-4-3-5-7-14/h6,15H,2-5,7-13H2,1H3/t15-,17-/m1/s1. The Labute approximate surface area is 127 Å². The Morgan fingerprint density at radius 3 is 3.19 bits per heavy atom. The van der Waals surface area contributed by atoms with Crippen molar-refractivity contribution in [3.63, 3.8) is 0 Å². The normalized spacial score (nSPS) is 32.1. The second-order valence-electron chi connectivity index (χ2n) is 6.77. The van der Waals surface area contributed by atoms with Crippen molar-refractivity contribution in [3.05, 3.63) is 11.6 Å². The van der Waals surface area contributed by atoms with Crippen LogP contribution in [0.5, 0.6) is 0 Å². The first-order chi connectivity index (χ1) is 10.2. The minimum atomic E-state index is 0.0482. The summed E-state index contributed by atoms with van der Waals surface area (Å²) in [5.74, 6) is 0.752. The molecule has 0 aromatic carbocycles. The van der Waals surface area contributed by atoms with E-state index < -0.39 is 0 Å². The van der Waals surface area contributed by atoms with Crippen molar-refractivity contribution >= 4 is 5.91 Å². The third-order valence-corrected chi connectivity index (χ3v) is 5.23. The molecule has 0 bridgehead atoms. The van der Waals surface area contributed by atoms with Crippen LogP contribution in [0.3, 0.4) is 0 Å². The number of hydrogen-bond acceptors (Lipinski definition) is 3. The van der Waals surface area contributed by atoms with Crippen LogP contribution >= 0.6 is 0 Å². The highest BCUT2D eigenvalue weighted by Crippen LogP contribution is 2.42. The minimum absolute atomic E-state index is 0.0482. The molecular weight excluding hydrogens is 266 g/mol. The first-order valence-corrected chi connectivity index (χ1v) is 8.35. The largest absolute Gasteiger partial charge is 0.381 e. The van der Waals surface area contributed by atoms with Gasteiger partial charge in [0.1, 0.15) is 0 Å². The van der Waals surface area contributed by atoms with Gasteiger partial charge >= 0.3 is 0 Å². The zero-order chi connectivity index (χ0) is 14.7. The summed E-state index contributed by atoms with van der Waals surface area (Å²) >= 11 is 0. The highest BCUT2D eigenvalue weighted by Gasteiger charge is 2.51. The number of likely N-dealkylation sites (tertiary alicyclic amines) is 1. The van der Waals surface area contributed by atoms with E-state index in [1.807, 2.05) is 6.92 Å². The third-order valence-electron chi connectivity index (χ3n) is 5.23. The molecule has 0 saturated carbocycles. The summed E-state index contributed by atoms with van der Waals surface area (Å²) < 4.78 is 11.3. The Morgan fingerprint density at radius 2 is 2.43 bits per heavy atom. The van der Waals surface area contributed by atoms with Crippen LogP contribution in [0.25, 0.3) is 0 Å². The lowest BCUT2D eigenvalue weighted by molar-refractivity contribution is -0.130. The summed E-state index contributed by atoms with van der Waals surface area (Å²) in [7, 11) is 0. The first-order valence-electron chi connectivity index (χ1n) is 8.35. The van der Waals surface area contributed by atoms with E-state index in [1.54, 1.807) is 0 Å². The van der Waals surface area contributed by atoms with E-state index in [9.17, 15) is 4.79 Å². The Hall–Kier alpha value is -0.870. The van der Waals surface area contributed by atoms with Gasteiger partial charge in [-0.05, 0) is 32.6 Å². The molecule has 21 heavy (non-hydrogen) atoms. The highest BCUT2D eigenvalue weighted by molar-refractivity contribution is 5.79. The molecule has 0 N–H and O–H groups in total. The van der Waals surface area contributed by atoms with Gasteiger partial charge in [0, 0.05) is 37.5 Å². The molecule has 2 fully saturated rings. The van der Waals surface area contributed by atoms with Crippen molar-refractivity contribution < 1.29 is 14.3 Å². The van der Waals surface area contributed by atoms with Crippen LogP contribution in [0, 0.1) is 11.3 Å². The molecule has 0 aromatic rings. The number of allylic oxidation sites excluding steroid dienone is 1. The van der Waals surface area contributed by atoms with Crippen molar-refractivity contribution in [2.75, 3.05) is 39.5 Å². The van der Waals surface area contributed by atoms with Crippen LogP contribution in [0.15, 0.2) is 11.6 Å². The SMILES string of the molecule is CCOC[C@]12COC[C@H]1CN(C(=O)CC1=CCCCC1)C2. The fourth-order valence-electron chi connectivity index (χ4n) is 3.90. The molecule has 0 aromatic heterocycles. The average molecular weight is 293 g/mol. The smallest absolute Gasteiger partial charge is 0.226 e. The Morgan fingerprint density at radius 1 is 1.52 bits per heavy atom.